The molecule has 2 N–H and O–H groups in total. The van der Waals surface area contributed by atoms with Gasteiger partial charge in [0.2, 0.25) is 11.8 Å². The summed E-state index contributed by atoms with van der Waals surface area (Å²) in [4.78, 5) is 48.8. The number of nitrogens with one attached hydrogen (secondary N) is 1. The van der Waals surface area contributed by atoms with Crippen LogP contribution in [0, 0.1) is 16.0 Å². The van der Waals surface area contributed by atoms with Crippen LogP contribution in [0.4, 0.5) is 5.69 Å². The highest BCUT2D eigenvalue weighted by Gasteiger charge is 2.57. The lowest BCUT2D eigenvalue weighted by atomic mass is 9.83. The SMILES string of the molecule is CC(=O)NC=C(Br)SC1=C(C(=O)OCc2ccc([N+](=O)[O-])cc2)N2C(=O)[C@H]([C@H](C)O)[C@H]2C1. The Bertz CT molecular complexity index is 1020. The van der Waals surface area contributed by atoms with Crippen LogP contribution in [0.25, 0.3) is 0 Å². The predicted octanol–water partition coefficient (Wildman–Crippen LogP) is 2.52. The molecule has 2 heterocycles. The number of rotatable bonds is 8. The van der Waals surface area contributed by atoms with Crippen molar-refractivity contribution in [3.63, 3.8) is 0 Å². The van der Waals surface area contributed by atoms with Gasteiger partial charge in [0, 0.05) is 36.6 Å². The van der Waals surface area contributed by atoms with Gasteiger partial charge in [-0.05, 0) is 40.5 Å². The molecular weight excluding hydrogens is 506 g/mol. The Labute approximate surface area is 195 Å². The smallest absolute Gasteiger partial charge is 0.356 e. The number of thioether (sulfide) groups is 1. The van der Waals surface area contributed by atoms with Gasteiger partial charge in [0.15, 0.2) is 0 Å². The van der Waals surface area contributed by atoms with E-state index in [1.165, 1.54) is 61.0 Å². The molecule has 0 aromatic heterocycles. The van der Waals surface area contributed by atoms with E-state index in [-0.39, 0.29) is 35.8 Å². The van der Waals surface area contributed by atoms with Crippen molar-refractivity contribution < 1.29 is 29.2 Å². The fourth-order valence-electron chi connectivity index (χ4n) is 3.55. The number of nitro benzene ring substituents is 1. The van der Waals surface area contributed by atoms with Crippen LogP contribution < -0.4 is 5.32 Å². The summed E-state index contributed by atoms with van der Waals surface area (Å²) in [7, 11) is 0. The molecule has 1 fully saturated rings. The molecule has 2 aliphatic rings. The molecule has 170 valence electrons. The number of hydrogen-bond donors (Lipinski definition) is 2. The molecule has 1 saturated heterocycles. The Morgan fingerprint density at radius 2 is 2.09 bits per heavy atom. The predicted molar refractivity (Wildman–Crippen MR) is 119 cm³/mol. The first-order valence-electron chi connectivity index (χ1n) is 9.55. The molecule has 3 rings (SSSR count). The topological polar surface area (TPSA) is 139 Å². The van der Waals surface area contributed by atoms with Gasteiger partial charge < -0.3 is 20.1 Å². The number of non-ortho nitro benzene ring substituents is 1. The van der Waals surface area contributed by atoms with Gasteiger partial charge >= 0.3 is 5.97 Å². The van der Waals surface area contributed by atoms with Crippen LogP contribution >= 0.6 is 27.7 Å². The molecule has 0 unspecified atom stereocenters. The molecule has 0 bridgehead atoms. The maximum absolute atomic E-state index is 12.9. The number of hydrogen-bond acceptors (Lipinski definition) is 8. The molecule has 0 spiro atoms. The van der Waals surface area contributed by atoms with Gasteiger partial charge in [-0.2, -0.15) is 0 Å². The molecule has 10 nitrogen and oxygen atoms in total. The van der Waals surface area contributed by atoms with Crippen molar-refractivity contribution >= 4 is 51.2 Å². The van der Waals surface area contributed by atoms with Crippen LogP contribution in [0.15, 0.2) is 44.9 Å². The molecule has 0 aliphatic carbocycles. The van der Waals surface area contributed by atoms with E-state index in [0.29, 0.717) is 20.7 Å². The summed E-state index contributed by atoms with van der Waals surface area (Å²) in [6.07, 6.45) is 0.934. The van der Waals surface area contributed by atoms with E-state index in [0.717, 1.165) is 0 Å². The van der Waals surface area contributed by atoms with Crippen LogP contribution in [-0.4, -0.2) is 44.9 Å². The fraction of sp³-hybridized carbons (Fsp3) is 0.350. The second-order valence-electron chi connectivity index (χ2n) is 7.27. The third-order valence-electron chi connectivity index (χ3n) is 5.01. The normalized spacial score (nSPS) is 21.1. The minimum Gasteiger partial charge on any atom is -0.456 e. The van der Waals surface area contributed by atoms with E-state index in [2.05, 4.69) is 21.2 Å². The molecule has 32 heavy (non-hydrogen) atoms. The number of ether oxygens (including phenoxy) is 1. The highest BCUT2D eigenvalue weighted by Crippen LogP contribution is 2.49. The molecular formula is C20H20BrN3O7S. The highest BCUT2D eigenvalue weighted by atomic mass is 79.9. The van der Waals surface area contributed by atoms with Crippen molar-refractivity contribution in [2.75, 3.05) is 0 Å². The summed E-state index contributed by atoms with van der Waals surface area (Å²) >= 11 is 4.49. The molecule has 2 amide bonds. The second-order valence-corrected chi connectivity index (χ2v) is 9.78. The van der Waals surface area contributed by atoms with E-state index >= 15 is 0 Å². The summed E-state index contributed by atoms with van der Waals surface area (Å²) in [5.74, 6) is -1.95. The van der Waals surface area contributed by atoms with Crippen molar-refractivity contribution in [3.05, 3.63) is 60.6 Å². The van der Waals surface area contributed by atoms with Crippen LogP contribution in [0.2, 0.25) is 0 Å². The Morgan fingerprint density at radius 3 is 2.66 bits per heavy atom. The monoisotopic (exact) mass is 525 g/mol. The Kier molecular flexibility index (Phi) is 7.36. The number of esters is 1. The van der Waals surface area contributed by atoms with Gasteiger partial charge in [0.1, 0.15) is 12.3 Å². The average Bonchev–Trinajstić information content (AvgIpc) is 3.04. The Balaban J connectivity index is 1.78. The molecule has 1 aromatic carbocycles. The van der Waals surface area contributed by atoms with Crippen LogP contribution in [0.1, 0.15) is 25.8 Å². The third kappa shape index (κ3) is 5.03. The average molecular weight is 526 g/mol. The van der Waals surface area contributed by atoms with E-state index in [1.54, 1.807) is 0 Å². The number of carbonyl (C=O) groups is 3. The molecule has 12 heteroatoms. The van der Waals surface area contributed by atoms with Crippen molar-refractivity contribution in [3.8, 4) is 0 Å². The molecule has 0 saturated carbocycles. The zero-order chi connectivity index (χ0) is 23.6. The number of aliphatic hydroxyl groups excluding tert-OH is 1. The second kappa shape index (κ2) is 9.84. The summed E-state index contributed by atoms with van der Waals surface area (Å²) < 4.78 is 5.90. The zero-order valence-corrected chi connectivity index (χ0v) is 19.5. The first-order chi connectivity index (χ1) is 15.1. The van der Waals surface area contributed by atoms with Gasteiger partial charge in [0.25, 0.3) is 5.69 Å². The van der Waals surface area contributed by atoms with Crippen molar-refractivity contribution in [1.29, 1.82) is 0 Å². The Morgan fingerprint density at radius 1 is 1.44 bits per heavy atom. The van der Waals surface area contributed by atoms with Crippen LogP contribution in [0.3, 0.4) is 0 Å². The molecule has 1 aromatic rings. The molecule has 2 aliphatic heterocycles. The van der Waals surface area contributed by atoms with Gasteiger partial charge in [-0.3, -0.25) is 19.7 Å². The first-order valence-corrected chi connectivity index (χ1v) is 11.2. The fourth-order valence-corrected chi connectivity index (χ4v) is 5.14. The molecule has 0 radical (unpaired) electrons. The highest BCUT2D eigenvalue weighted by molar-refractivity contribution is 9.14. The Hall–Kier alpha value is -2.70. The number of fused-ring (bicyclic) bond motifs is 1. The number of amides is 2. The summed E-state index contributed by atoms with van der Waals surface area (Å²) in [5, 5.41) is 23.2. The molecule has 3 atom stereocenters. The van der Waals surface area contributed by atoms with E-state index < -0.39 is 22.9 Å². The van der Waals surface area contributed by atoms with Crippen LogP contribution in [-0.2, 0) is 25.7 Å². The zero-order valence-electron chi connectivity index (χ0n) is 17.1. The minimum atomic E-state index is -0.858. The van der Waals surface area contributed by atoms with Crippen molar-refractivity contribution in [1.82, 2.24) is 10.2 Å². The largest absolute Gasteiger partial charge is 0.456 e. The maximum atomic E-state index is 12.9. The maximum Gasteiger partial charge on any atom is 0.356 e. The minimum absolute atomic E-state index is 0.0775. The van der Waals surface area contributed by atoms with Gasteiger partial charge in [-0.15, -0.1) is 0 Å². The van der Waals surface area contributed by atoms with Gasteiger partial charge in [0.05, 0.1) is 26.8 Å². The number of halogens is 1. The summed E-state index contributed by atoms with van der Waals surface area (Å²) in [6.45, 7) is 2.76. The number of carbonyl (C=O) groups excluding carboxylic acids is 3. The lowest BCUT2D eigenvalue weighted by Gasteiger charge is -2.44. The van der Waals surface area contributed by atoms with Crippen molar-refractivity contribution in [2.24, 2.45) is 5.92 Å². The number of nitrogens with zero attached hydrogens (tertiary/aromatic N) is 2. The van der Waals surface area contributed by atoms with Crippen molar-refractivity contribution in [2.45, 2.75) is 39.0 Å². The quantitative estimate of drug-likeness (QED) is 0.228. The number of nitro groups is 1. The van der Waals surface area contributed by atoms with Gasteiger partial charge in [-0.25, -0.2) is 4.79 Å². The standard InChI is InChI=1S/C20H20BrN3O7S/c1-10(25)17-14-7-15(32-16(21)8-22-11(2)26)18(23(14)19(17)27)20(28)31-9-12-3-5-13(6-4-12)24(29)30/h3-6,8,10,14,17,25H,7,9H2,1-2H3,(H,22,26)/t10-,14+,17+/m0/s1. The van der Waals surface area contributed by atoms with Crippen LogP contribution in [0.5, 0.6) is 0 Å². The number of aliphatic hydroxyl groups is 1. The summed E-state index contributed by atoms with van der Waals surface area (Å²) in [5.41, 5.74) is 0.570. The lowest BCUT2D eigenvalue weighted by Crippen LogP contribution is -2.61. The first kappa shape index (κ1) is 24.0. The van der Waals surface area contributed by atoms with E-state index in [9.17, 15) is 29.6 Å². The van der Waals surface area contributed by atoms with E-state index in [1.807, 2.05) is 0 Å². The summed E-state index contributed by atoms with van der Waals surface area (Å²) in [6, 6.07) is 5.24. The number of β-lactam (4-membered cyclic amide) rings is 1. The third-order valence-corrected chi connectivity index (χ3v) is 6.64. The van der Waals surface area contributed by atoms with E-state index in [4.69, 9.17) is 4.74 Å². The lowest BCUT2D eigenvalue weighted by molar-refractivity contribution is -0.384. The number of benzene rings is 1. The van der Waals surface area contributed by atoms with Gasteiger partial charge in [-0.1, -0.05) is 11.8 Å².